The number of guanidine groups is 1. The van der Waals surface area contributed by atoms with Crippen LogP contribution in [0.3, 0.4) is 0 Å². The number of amides is 1. The fraction of sp³-hybridized carbons (Fsp3) is 0.636. The number of nitrogens with two attached hydrogens (primary N) is 1. The Kier molecular flexibility index (Phi) is 9.28. The smallest absolute Gasteiger partial charge is 0.248 e. The Balaban J connectivity index is 2.00. The van der Waals surface area contributed by atoms with Gasteiger partial charge in [0.25, 0.3) is 0 Å². The molecule has 4 N–H and O–H groups in total. The van der Waals surface area contributed by atoms with E-state index >= 15 is 0 Å². The second-order valence-electron chi connectivity index (χ2n) is 7.90. The molecule has 1 fully saturated rings. The zero-order chi connectivity index (χ0) is 20.4. The number of hydrogen-bond donors (Lipinski definition) is 3. The maximum absolute atomic E-state index is 11.4. The highest BCUT2D eigenvalue weighted by molar-refractivity contribution is 5.92. The van der Waals surface area contributed by atoms with Crippen LogP contribution >= 0.6 is 0 Å². The summed E-state index contributed by atoms with van der Waals surface area (Å²) in [6.07, 6.45) is 5.30. The van der Waals surface area contributed by atoms with Gasteiger partial charge in [0.1, 0.15) is 0 Å². The van der Waals surface area contributed by atoms with Crippen molar-refractivity contribution in [2.45, 2.75) is 59.0 Å². The second-order valence-corrected chi connectivity index (χ2v) is 7.90. The third-order valence-corrected chi connectivity index (χ3v) is 5.33. The van der Waals surface area contributed by atoms with Crippen LogP contribution in [-0.4, -0.2) is 49.0 Å². The van der Waals surface area contributed by atoms with Gasteiger partial charge in [-0.15, -0.1) is 0 Å². The fourth-order valence-corrected chi connectivity index (χ4v) is 3.75. The highest BCUT2D eigenvalue weighted by Gasteiger charge is 2.22. The predicted octanol–water partition coefficient (Wildman–Crippen LogP) is 2.74. The molecular weight excluding hydrogens is 350 g/mol. The first-order chi connectivity index (χ1) is 13.5. The molecule has 6 heteroatoms. The van der Waals surface area contributed by atoms with Gasteiger partial charge in [-0.25, -0.2) is 4.99 Å². The van der Waals surface area contributed by atoms with Crippen LogP contribution in [0.4, 0.5) is 0 Å². The summed E-state index contributed by atoms with van der Waals surface area (Å²) < 4.78 is 0. The average Bonchev–Trinajstić information content (AvgIpc) is 2.95. The number of nitrogens with zero attached hydrogens (tertiary/aromatic N) is 2. The number of likely N-dealkylation sites (tertiary alicyclic amines) is 1. The van der Waals surface area contributed by atoms with E-state index in [9.17, 15) is 4.79 Å². The molecule has 6 nitrogen and oxygen atoms in total. The third kappa shape index (κ3) is 7.15. The number of primary amides is 1. The molecule has 0 bridgehead atoms. The Morgan fingerprint density at radius 1 is 1.18 bits per heavy atom. The normalized spacial score (nSPS) is 17.2. The molecule has 156 valence electrons. The van der Waals surface area contributed by atoms with Crippen molar-refractivity contribution in [1.29, 1.82) is 0 Å². The molecule has 0 aromatic heterocycles. The zero-order valence-electron chi connectivity index (χ0n) is 17.7. The third-order valence-electron chi connectivity index (χ3n) is 5.33. The fourth-order valence-electron chi connectivity index (χ4n) is 3.75. The summed E-state index contributed by atoms with van der Waals surface area (Å²) in [5.74, 6) is 0.987. The van der Waals surface area contributed by atoms with Gasteiger partial charge in [0.15, 0.2) is 5.96 Å². The van der Waals surface area contributed by atoms with Crippen molar-refractivity contribution >= 4 is 11.9 Å². The topological polar surface area (TPSA) is 82.7 Å². The van der Waals surface area contributed by atoms with Crippen LogP contribution < -0.4 is 16.4 Å². The largest absolute Gasteiger partial charge is 0.366 e. The van der Waals surface area contributed by atoms with Crippen molar-refractivity contribution in [3.63, 3.8) is 0 Å². The van der Waals surface area contributed by atoms with Crippen molar-refractivity contribution in [1.82, 2.24) is 15.5 Å². The standard InChI is InChI=1S/C22H37N5O/c1-4-24-22(25-15-18-10-9-11-19(14-18)21(23)28)26-16-20(17(2)3)27-12-7-5-6-8-13-27/h9-11,14,17,20H,4-8,12-13,15-16H2,1-3H3,(H2,23,28)(H2,24,25,26). The number of carbonyl (C=O) groups excluding carboxylic acids is 1. The number of carbonyl (C=O) groups is 1. The first kappa shape index (κ1) is 22.2. The van der Waals surface area contributed by atoms with Crippen LogP contribution in [-0.2, 0) is 6.54 Å². The maximum atomic E-state index is 11.4. The van der Waals surface area contributed by atoms with Crippen molar-refractivity contribution in [3.05, 3.63) is 35.4 Å². The molecule has 1 aromatic carbocycles. The molecule has 1 atom stereocenters. The van der Waals surface area contributed by atoms with E-state index < -0.39 is 5.91 Å². The summed E-state index contributed by atoms with van der Waals surface area (Å²) in [4.78, 5) is 18.7. The van der Waals surface area contributed by atoms with E-state index in [0.29, 0.717) is 24.1 Å². The molecule has 1 aromatic rings. The molecule has 1 heterocycles. The van der Waals surface area contributed by atoms with Crippen molar-refractivity contribution in [2.24, 2.45) is 16.6 Å². The quantitative estimate of drug-likeness (QED) is 0.473. The van der Waals surface area contributed by atoms with E-state index in [0.717, 1.165) is 24.6 Å². The van der Waals surface area contributed by atoms with Gasteiger partial charge < -0.3 is 16.4 Å². The lowest BCUT2D eigenvalue weighted by Crippen LogP contribution is -2.49. The lowest BCUT2D eigenvalue weighted by Gasteiger charge is -2.34. The van der Waals surface area contributed by atoms with Gasteiger partial charge in [-0.05, 0) is 56.5 Å². The number of nitrogens with one attached hydrogen (secondary N) is 2. The van der Waals surface area contributed by atoms with Crippen LogP contribution in [0.1, 0.15) is 62.4 Å². The lowest BCUT2D eigenvalue weighted by molar-refractivity contribution is 0.1000. The highest BCUT2D eigenvalue weighted by Crippen LogP contribution is 2.17. The van der Waals surface area contributed by atoms with E-state index in [1.54, 1.807) is 6.07 Å². The van der Waals surface area contributed by atoms with Crippen LogP contribution in [0, 0.1) is 5.92 Å². The summed E-state index contributed by atoms with van der Waals surface area (Å²) in [7, 11) is 0. The van der Waals surface area contributed by atoms with E-state index in [2.05, 4.69) is 36.3 Å². The molecule has 1 aliphatic rings. The first-order valence-electron chi connectivity index (χ1n) is 10.7. The summed E-state index contributed by atoms with van der Waals surface area (Å²) >= 11 is 0. The minimum absolute atomic E-state index is 0.409. The molecule has 1 unspecified atom stereocenters. The molecule has 0 aliphatic carbocycles. The molecule has 0 spiro atoms. The monoisotopic (exact) mass is 387 g/mol. The number of benzene rings is 1. The summed E-state index contributed by atoms with van der Waals surface area (Å²) in [6.45, 7) is 11.3. The highest BCUT2D eigenvalue weighted by atomic mass is 16.1. The van der Waals surface area contributed by atoms with Crippen molar-refractivity contribution in [2.75, 3.05) is 26.2 Å². The van der Waals surface area contributed by atoms with Gasteiger partial charge in [0.2, 0.25) is 5.91 Å². The Morgan fingerprint density at radius 2 is 1.89 bits per heavy atom. The Labute approximate surface area is 170 Å². The van der Waals surface area contributed by atoms with Gasteiger partial charge in [0, 0.05) is 24.7 Å². The summed E-state index contributed by atoms with van der Waals surface area (Å²) in [5, 5.41) is 6.86. The SMILES string of the molecule is CCNC(=NCc1cccc(C(N)=O)c1)NCC(C(C)C)N1CCCCCC1. The minimum Gasteiger partial charge on any atom is -0.366 e. The minimum atomic E-state index is -0.409. The summed E-state index contributed by atoms with van der Waals surface area (Å²) in [5.41, 5.74) is 6.87. The Bertz CT molecular complexity index is 636. The molecule has 0 radical (unpaired) electrons. The van der Waals surface area contributed by atoms with Crippen molar-refractivity contribution in [3.8, 4) is 0 Å². The van der Waals surface area contributed by atoms with Crippen LogP contribution in [0.2, 0.25) is 0 Å². The van der Waals surface area contributed by atoms with Crippen molar-refractivity contribution < 1.29 is 4.79 Å². The molecule has 1 saturated heterocycles. The van der Waals surface area contributed by atoms with Gasteiger partial charge >= 0.3 is 0 Å². The molecule has 1 amide bonds. The lowest BCUT2D eigenvalue weighted by atomic mass is 10.0. The van der Waals surface area contributed by atoms with Crippen LogP contribution in [0.15, 0.2) is 29.3 Å². The molecule has 28 heavy (non-hydrogen) atoms. The Hall–Kier alpha value is -2.08. The molecule has 2 rings (SSSR count). The van der Waals surface area contributed by atoms with Gasteiger partial charge in [-0.1, -0.05) is 38.8 Å². The molecule has 0 saturated carbocycles. The predicted molar refractivity (Wildman–Crippen MR) is 116 cm³/mol. The van der Waals surface area contributed by atoms with E-state index in [4.69, 9.17) is 10.7 Å². The summed E-state index contributed by atoms with van der Waals surface area (Å²) in [6, 6.07) is 7.85. The number of aliphatic imine (C=N–C) groups is 1. The first-order valence-corrected chi connectivity index (χ1v) is 10.7. The second kappa shape index (κ2) is 11.7. The van der Waals surface area contributed by atoms with Crippen LogP contribution in [0.25, 0.3) is 0 Å². The zero-order valence-corrected chi connectivity index (χ0v) is 17.7. The molecule has 1 aliphatic heterocycles. The van der Waals surface area contributed by atoms with Gasteiger partial charge in [-0.3, -0.25) is 9.69 Å². The average molecular weight is 388 g/mol. The Morgan fingerprint density at radius 3 is 2.50 bits per heavy atom. The molecular formula is C22H37N5O. The van der Waals surface area contributed by atoms with Crippen LogP contribution in [0.5, 0.6) is 0 Å². The van der Waals surface area contributed by atoms with Gasteiger partial charge in [0.05, 0.1) is 6.54 Å². The van der Waals surface area contributed by atoms with E-state index in [1.807, 2.05) is 18.2 Å². The van der Waals surface area contributed by atoms with E-state index in [-0.39, 0.29) is 0 Å². The maximum Gasteiger partial charge on any atom is 0.248 e. The van der Waals surface area contributed by atoms with Gasteiger partial charge in [-0.2, -0.15) is 0 Å². The number of hydrogen-bond acceptors (Lipinski definition) is 3. The van der Waals surface area contributed by atoms with E-state index in [1.165, 1.54) is 38.8 Å². The number of rotatable bonds is 8.